The van der Waals surface area contributed by atoms with Gasteiger partial charge in [0.05, 0.1) is 0 Å². The first-order valence-corrected chi connectivity index (χ1v) is 3.09. The number of amides is 1. The fourth-order valence-corrected chi connectivity index (χ4v) is 0.504. The minimum Gasteiger partial charge on any atom is -0.481 e. The van der Waals surface area contributed by atoms with Gasteiger partial charge in [0.25, 0.3) is 0 Å². The summed E-state index contributed by atoms with van der Waals surface area (Å²) in [5, 5.41) is 10.7. The van der Waals surface area contributed by atoms with Crippen LogP contribution in [0.2, 0.25) is 0 Å². The summed E-state index contributed by atoms with van der Waals surface area (Å²) in [6.45, 7) is 1.85. The van der Waals surface area contributed by atoms with Crippen LogP contribution in [0.4, 0.5) is 0 Å². The minimum absolute atomic E-state index is 0. The molecule has 0 saturated heterocycles. The van der Waals surface area contributed by atoms with E-state index in [0.29, 0.717) is 13.0 Å². The van der Waals surface area contributed by atoms with Gasteiger partial charge < -0.3 is 15.9 Å². The highest BCUT2D eigenvalue weighted by Crippen LogP contribution is 1.84. The van der Waals surface area contributed by atoms with Crippen molar-refractivity contribution in [2.24, 2.45) is 0 Å². The third kappa shape index (κ3) is 12.2. The molecule has 0 saturated carbocycles. The van der Waals surface area contributed by atoms with Crippen LogP contribution in [0.5, 0.6) is 0 Å². The number of rotatable bonds is 4. The van der Waals surface area contributed by atoms with Crippen molar-refractivity contribution in [3.8, 4) is 0 Å². The molecule has 0 fully saturated rings. The maximum atomic E-state index is 10.2. The van der Waals surface area contributed by atoms with E-state index in [-0.39, 0.29) is 17.8 Å². The predicted octanol–water partition coefficient (Wildman–Crippen LogP) is -0.837. The lowest BCUT2D eigenvalue weighted by molar-refractivity contribution is -0.137. The van der Waals surface area contributed by atoms with Crippen LogP contribution < -0.4 is 5.32 Å². The Balaban J connectivity index is 0. The number of carbonyl (C=O) groups is 2. The van der Waals surface area contributed by atoms with Gasteiger partial charge in [-0.15, -0.1) is 0 Å². The second-order valence-electron chi connectivity index (χ2n) is 1.98. The van der Waals surface area contributed by atoms with Crippen LogP contribution in [0.15, 0.2) is 0 Å². The number of hydrogen-bond acceptors (Lipinski definition) is 2. The quantitative estimate of drug-likeness (QED) is 0.529. The van der Waals surface area contributed by atoms with Crippen LogP contribution >= 0.6 is 0 Å². The van der Waals surface area contributed by atoms with Crippen molar-refractivity contribution in [3.63, 3.8) is 0 Å². The molecule has 0 aromatic heterocycles. The van der Waals surface area contributed by atoms with Gasteiger partial charge in [-0.25, -0.2) is 0 Å². The summed E-state index contributed by atoms with van der Waals surface area (Å²) in [4.78, 5) is 20.2. The standard InChI is InChI=1S/C6H11NO3.H2O/c1-5(8)7-4-2-3-6(9)10;/h2-4H2,1H3,(H,7,8)(H,9,10);1H2. The summed E-state index contributed by atoms with van der Waals surface area (Å²) in [7, 11) is 0. The second-order valence-corrected chi connectivity index (χ2v) is 1.98. The number of aliphatic carboxylic acids is 1. The number of carbonyl (C=O) groups excluding carboxylic acids is 1. The molecule has 0 aliphatic rings. The highest BCUT2D eigenvalue weighted by atomic mass is 16.4. The van der Waals surface area contributed by atoms with Gasteiger partial charge in [0.2, 0.25) is 5.91 Å². The summed E-state index contributed by atoms with van der Waals surface area (Å²) in [6, 6.07) is 0. The Bertz CT molecular complexity index is 119. The maximum Gasteiger partial charge on any atom is 0.303 e. The Morgan fingerprint density at radius 1 is 1.45 bits per heavy atom. The Hall–Kier alpha value is -1.10. The second kappa shape index (κ2) is 7.01. The van der Waals surface area contributed by atoms with Gasteiger partial charge >= 0.3 is 5.97 Å². The molecule has 0 heterocycles. The Labute approximate surface area is 64.7 Å². The molecule has 0 aliphatic carbocycles. The van der Waals surface area contributed by atoms with Crippen LogP contribution in [0.3, 0.4) is 0 Å². The maximum absolute atomic E-state index is 10.2. The monoisotopic (exact) mass is 163 g/mol. The molecule has 0 aliphatic heterocycles. The number of hydrogen-bond donors (Lipinski definition) is 2. The Morgan fingerprint density at radius 2 is 2.00 bits per heavy atom. The van der Waals surface area contributed by atoms with E-state index in [2.05, 4.69) is 5.32 Å². The average molecular weight is 163 g/mol. The van der Waals surface area contributed by atoms with E-state index in [1.165, 1.54) is 6.92 Å². The fraction of sp³-hybridized carbons (Fsp3) is 0.667. The molecule has 1 amide bonds. The first-order valence-electron chi connectivity index (χ1n) is 3.09. The zero-order chi connectivity index (χ0) is 7.98. The highest BCUT2D eigenvalue weighted by Gasteiger charge is 1.95. The minimum atomic E-state index is -0.828. The van der Waals surface area contributed by atoms with Crippen molar-refractivity contribution in [1.82, 2.24) is 5.32 Å². The van der Waals surface area contributed by atoms with Crippen molar-refractivity contribution in [1.29, 1.82) is 0 Å². The average Bonchev–Trinajstić information content (AvgIpc) is 1.79. The van der Waals surface area contributed by atoms with Crippen LogP contribution in [0.25, 0.3) is 0 Å². The van der Waals surface area contributed by atoms with Gasteiger partial charge in [0, 0.05) is 19.9 Å². The van der Waals surface area contributed by atoms with E-state index < -0.39 is 5.97 Å². The summed E-state index contributed by atoms with van der Waals surface area (Å²) in [5.41, 5.74) is 0. The van der Waals surface area contributed by atoms with Crippen LogP contribution in [0, 0.1) is 0 Å². The summed E-state index contributed by atoms with van der Waals surface area (Å²) >= 11 is 0. The van der Waals surface area contributed by atoms with E-state index in [0.717, 1.165) is 0 Å². The third-order valence-electron chi connectivity index (χ3n) is 0.941. The predicted molar refractivity (Wildman–Crippen MR) is 39.2 cm³/mol. The highest BCUT2D eigenvalue weighted by molar-refractivity contribution is 5.72. The molecule has 5 nitrogen and oxygen atoms in total. The van der Waals surface area contributed by atoms with Crippen molar-refractivity contribution in [3.05, 3.63) is 0 Å². The summed E-state index contributed by atoms with van der Waals surface area (Å²) < 4.78 is 0. The van der Waals surface area contributed by atoms with Gasteiger partial charge in [-0.2, -0.15) is 0 Å². The smallest absolute Gasteiger partial charge is 0.303 e. The van der Waals surface area contributed by atoms with E-state index in [1.54, 1.807) is 0 Å². The Morgan fingerprint density at radius 3 is 2.36 bits per heavy atom. The normalized spacial score (nSPS) is 8.09. The first kappa shape index (κ1) is 12.6. The lowest BCUT2D eigenvalue weighted by Crippen LogP contribution is -2.21. The summed E-state index contributed by atoms with van der Waals surface area (Å²) in [6.07, 6.45) is 0.606. The molecule has 0 aromatic rings. The lowest BCUT2D eigenvalue weighted by atomic mass is 10.3. The zero-order valence-corrected chi connectivity index (χ0v) is 6.39. The molecule has 0 radical (unpaired) electrons. The van der Waals surface area contributed by atoms with Crippen molar-refractivity contribution in [2.45, 2.75) is 19.8 Å². The molecule has 11 heavy (non-hydrogen) atoms. The van der Waals surface area contributed by atoms with E-state index in [4.69, 9.17) is 5.11 Å². The zero-order valence-electron chi connectivity index (χ0n) is 6.39. The topological polar surface area (TPSA) is 97.9 Å². The number of carboxylic acids is 1. The lowest BCUT2D eigenvalue weighted by Gasteiger charge is -1.97. The van der Waals surface area contributed by atoms with Crippen molar-refractivity contribution < 1.29 is 20.2 Å². The molecule has 0 unspecified atom stereocenters. The van der Waals surface area contributed by atoms with Crippen molar-refractivity contribution in [2.75, 3.05) is 6.54 Å². The summed E-state index contributed by atoms with van der Waals surface area (Å²) in [5.74, 6) is -0.948. The van der Waals surface area contributed by atoms with Crippen LogP contribution in [0.1, 0.15) is 19.8 Å². The molecule has 0 bridgehead atoms. The van der Waals surface area contributed by atoms with Gasteiger partial charge in [-0.3, -0.25) is 9.59 Å². The molecular formula is C6H13NO4. The molecule has 0 rings (SSSR count). The molecule has 0 spiro atoms. The molecule has 0 aromatic carbocycles. The van der Waals surface area contributed by atoms with Gasteiger partial charge in [0.1, 0.15) is 0 Å². The number of nitrogens with one attached hydrogen (secondary N) is 1. The van der Waals surface area contributed by atoms with E-state index in [1.807, 2.05) is 0 Å². The van der Waals surface area contributed by atoms with Crippen LogP contribution in [-0.2, 0) is 9.59 Å². The van der Waals surface area contributed by atoms with E-state index >= 15 is 0 Å². The van der Waals surface area contributed by atoms with E-state index in [9.17, 15) is 9.59 Å². The molecule has 66 valence electrons. The Kier molecular flexibility index (Phi) is 8.01. The number of carboxylic acid groups (broad SMARTS) is 1. The molecule has 5 heteroatoms. The third-order valence-corrected chi connectivity index (χ3v) is 0.941. The fourth-order valence-electron chi connectivity index (χ4n) is 0.504. The SMILES string of the molecule is CC(=O)NCCCC(=O)O.O. The van der Waals surface area contributed by atoms with Crippen molar-refractivity contribution >= 4 is 11.9 Å². The molecule has 0 atom stereocenters. The molecule has 4 N–H and O–H groups in total. The van der Waals surface area contributed by atoms with Crippen LogP contribution in [-0.4, -0.2) is 29.0 Å². The largest absolute Gasteiger partial charge is 0.481 e. The van der Waals surface area contributed by atoms with Gasteiger partial charge in [0.15, 0.2) is 0 Å². The van der Waals surface area contributed by atoms with Gasteiger partial charge in [-0.05, 0) is 6.42 Å². The molecular weight excluding hydrogens is 150 g/mol. The van der Waals surface area contributed by atoms with Gasteiger partial charge in [-0.1, -0.05) is 0 Å². The first-order chi connectivity index (χ1) is 4.63.